The number of benzene rings is 1. The quantitative estimate of drug-likeness (QED) is 0.769. The molecule has 0 radical (unpaired) electrons. The molecule has 0 aliphatic heterocycles. The smallest absolute Gasteiger partial charge is 0.282 e. The van der Waals surface area contributed by atoms with Crippen molar-refractivity contribution in [1.82, 2.24) is 4.31 Å². The van der Waals surface area contributed by atoms with E-state index in [1.807, 2.05) is 18.3 Å². The number of anilines is 1. The Morgan fingerprint density at radius 1 is 1.20 bits per heavy atom. The molecule has 0 fully saturated rings. The molecule has 0 bridgehead atoms. The van der Waals surface area contributed by atoms with Crippen molar-refractivity contribution in [2.75, 3.05) is 19.4 Å². The number of amides is 1. The van der Waals surface area contributed by atoms with Gasteiger partial charge in [-0.2, -0.15) is 0 Å². The first-order valence-electron chi connectivity index (χ1n) is 7.93. The van der Waals surface area contributed by atoms with Crippen molar-refractivity contribution in [3.05, 3.63) is 48.4 Å². The lowest BCUT2D eigenvalue weighted by molar-refractivity contribution is -0.711. The Labute approximate surface area is 148 Å². The Bertz CT molecular complexity index is 816. The minimum atomic E-state index is -3.54. The average Bonchev–Trinajstić information content (AvgIpc) is 3.09. The largest absolute Gasteiger partial charge is 0.463 e. The van der Waals surface area contributed by atoms with Gasteiger partial charge in [-0.3, -0.25) is 4.79 Å². The van der Waals surface area contributed by atoms with Crippen LogP contribution >= 0.6 is 0 Å². The van der Waals surface area contributed by atoms with E-state index in [0.717, 1.165) is 10.1 Å². The van der Waals surface area contributed by atoms with Crippen LogP contribution in [0, 0.1) is 0 Å². The molecule has 1 amide bonds. The summed E-state index contributed by atoms with van der Waals surface area (Å²) in [5.74, 6) is 0.580. The minimum absolute atomic E-state index is 0.00352. The number of hydrogen-bond acceptors (Lipinski definition) is 4. The molecule has 8 heteroatoms. The van der Waals surface area contributed by atoms with Crippen LogP contribution in [-0.2, 0) is 14.8 Å². The van der Waals surface area contributed by atoms with Gasteiger partial charge in [0.1, 0.15) is 6.04 Å². The van der Waals surface area contributed by atoms with Crippen LogP contribution < -0.4 is 10.6 Å². The third-order valence-corrected chi connectivity index (χ3v) is 5.67. The number of carbonyl (C=O) groups excluding carboxylic acids is 1. The summed E-state index contributed by atoms with van der Waals surface area (Å²) in [5, 5.41) is 4.64. The zero-order chi connectivity index (χ0) is 18.6. The molecule has 2 rings (SSSR count). The number of nitrogens with one attached hydrogen (secondary N) is 1. The molecule has 3 N–H and O–H groups in total. The molecule has 0 aliphatic rings. The standard InChI is InChI=1S/C17H23N3O4S/c1-12(16-9-6-10-24-16)18-13(2)17(21)19-14-7-5-8-15(11-14)25(22,23)20(3)4/h5-13,18H,1-4H3,(H,19,21)/p+1/t12-,13-/m0/s1. The van der Waals surface area contributed by atoms with E-state index in [0.29, 0.717) is 5.69 Å². The van der Waals surface area contributed by atoms with Gasteiger partial charge in [-0.05, 0) is 44.2 Å². The molecule has 1 aromatic heterocycles. The molecule has 1 heterocycles. The Kier molecular flexibility index (Phi) is 5.99. The molecule has 0 saturated carbocycles. The number of sulfonamides is 1. The predicted molar refractivity (Wildman–Crippen MR) is 94.5 cm³/mol. The van der Waals surface area contributed by atoms with Crippen molar-refractivity contribution < 1.29 is 22.9 Å². The highest BCUT2D eigenvalue weighted by Gasteiger charge is 2.23. The topological polar surface area (TPSA) is 96.2 Å². The Morgan fingerprint density at radius 2 is 1.92 bits per heavy atom. The van der Waals surface area contributed by atoms with Gasteiger partial charge in [0.25, 0.3) is 5.91 Å². The molecule has 136 valence electrons. The summed E-state index contributed by atoms with van der Waals surface area (Å²) in [6.07, 6.45) is 1.60. The maximum absolute atomic E-state index is 12.4. The third-order valence-electron chi connectivity index (χ3n) is 3.86. The number of rotatable bonds is 7. The first-order valence-corrected chi connectivity index (χ1v) is 9.37. The minimum Gasteiger partial charge on any atom is -0.463 e. The maximum atomic E-state index is 12.4. The Morgan fingerprint density at radius 3 is 2.52 bits per heavy atom. The van der Waals surface area contributed by atoms with E-state index in [-0.39, 0.29) is 22.9 Å². The van der Waals surface area contributed by atoms with Crippen molar-refractivity contribution in [2.24, 2.45) is 0 Å². The van der Waals surface area contributed by atoms with Crippen LogP contribution in [0.1, 0.15) is 25.6 Å². The lowest BCUT2D eigenvalue weighted by atomic mass is 10.2. The number of furan rings is 1. The number of nitrogens with zero attached hydrogens (tertiary/aromatic N) is 1. The molecule has 1 aromatic carbocycles. The molecule has 0 aliphatic carbocycles. The van der Waals surface area contributed by atoms with Crippen molar-refractivity contribution in [2.45, 2.75) is 30.8 Å². The number of nitrogens with two attached hydrogens (primary N) is 1. The summed E-state index contributed by atoms with van der Waals surface area (Å²) in [7, 11) is -0.610. The fourth-order valence-corrected chi connectivity index (χ4v) is 3.31. The van der Waals surface area contributed by atoms with E-state index in [9.17, 15) is 13.2 Å². The van der Waals surface area contributed by atoms with Gasteiger partial charge in [0.05, 0.1) is 11.2 Å². The van der Waals surface area contributed by atoms with Crippen molar-refractivity contribution >= 4 is 21.6 Å². The zero-order valence-electron chi connectivity index (χ0n) is 14.8. The van der Waals surface area contributed by atoms with Gasteiger partial charge in [-0.25, -0.2) is 12.7 Å². The molecule has 0 unspecified atom stereocenters. The lowest BCUT2D eigenvalue weighted by Crippen LogP contribution is -2.91. The molecular formula is C17H24N3O4S+. The normalized spacial score (nSPS) is 14.3. The van der Waals surface area contributed by atoms with Crippen LogP contribution in [0.15, 0.2) is 52.0 Å². The fourth-order valence-electron chi connectivity index (χ4n) is 2.37. The fraction of sp³-hybridized carbons (Fsp3) is 0.353. The van der Waals surface area contributed by atoms with Gasteiger partial charge in [0.2, 0.25) is 10.0 Å². The van der Waals surface area contributed by atoms with Gasteiger partial charge >= 0.3 is 0 Å². The van der Waals surface area contributed by atoms with Crippen LogP contribution in [0.4, 0.5) is 5.69 Å². The Hall–Kier alpha value is -2.16. The van der Waals surface area contributed by atoms with Gasteiger partial charge in [-0.1, -0.05) is 6.07 Å². The molecule has 25 heavy (non-hydrogen) atoms. The monoisotopic (exact) mass is 366 g/mol. The summed E-state index contributed by atoms with van der Waals surface area (Å²) in [5.41, 5.74) is 0.443. The van der Waals surface area contributed by atoms with Crippen LogP contribution in [0.3, 0.4) is 0 Å². The number of hydrogen-bond donors (Lipinski definition) is 2. The van der Waals surface area contributed by atoms with Crippen LogP contribution in [0.25, 0.3) is 0 Å². The zero-order valence-corrected chi connectivity index (χ0v) is 15.6. The van der Waals surface area contributed by atoms with Crippen LogP contribution in [-0.4, -0.2) is 38.8 Å². The molecule has 7 nitrogen and oxygen atoms in total. The molecule has 2 aromatic rings. The molecule has 2 atom stereocenters. The van der Waals surface area contributed by atoms with Gasteiger partial charge < -0.3 is 15.1 Å². The third kappa shape index (κ3) is 4.68. The summed E-state index contributed by atoms with van der Waals surface area (Å²) in [6.45, 7) is 3.74. The number of carbonyl (C=O) groups is 1. The molecule has 0 spiro atoms. The molecular weight excluding hydrogens is 342 g/mol. The van der Waals surface area contributed by atoms with E-state index < -0.39 is 10.0 Å². The summed E-state index contributed by atoms with van der Waals surface area (Å²) in [4.78, 5) is 12.5. The van der Waals surface area contributed by atoms with Crippen molar-refractivity contribution in [3.8, 4) is 0 Å². The second kappa shape index (κ2) is 7.81. The maximum Gasteiger partial charge on any atom is 0.282 e. The average molecular weight is 366 g/mol. The second-order valence-corrected chi connectivity index (χ2v) is 8.24. The Balaban J connectivity index is 2.05. The van der Waals surface area contributed by atoms with Gasteiger partial charge in [0.15, 0.2) is 11.8 Å². The van der Waals surface area contributed by atoms with Gasteiger partial charge in [0, 0.05) is 19.8 Å². The number of quaternary nitrogens is 1. The van der Waals surface area contributed by atoms with E-state index in [1.165, 1.54) is 26.2 Å². The van der Waals surface area contributed by atoms with E-state index in [2.05, 4.69) is 5.32 Å². The SMILES string of the molecule is C[C@H]([NH2+][C@@H](C)c1ccco1)C(=O)Nc1cccc(S(=O)(=O)N(C)C)c1. The van der Waals surface area contributed by atoms with Crippen molar-refractivity contribution in [1.29, 1.82) is 0 Å². The van der Waals surface area contributed by atoms with Gasteiger partial charge in [-0.15, -0.1) is 0 Å². The van der Waals surface area contributed by atoms with Crippen LogP contribution in [0.5, 0.6) is 0 Å². The lowest BCUT2D eigenvalue weighted by Gasteiger charge is -2.16. The first kappa shape index (κ1) is 19.2. The predicted octanol–water partition coefficient (Wildman–Crippen LogP) is 1.18. The summed E-state index contributed by atoms with van der Waals surface area (Å²) in [6, 6.07) is 9.52. The van der Waals surface area contributed by atoms with Crippen molar-refractivity contribution in [3.63, 3.8) is 0 Å². The highest BCUT2D eigenvalue weighted by molar-refractivity contribution is 7.89. The second-order valence-electron chi connectivity index (χ2n) is 6.09. The highest BCUT2D eigenvalue weighted by atomic mass is 32.2. The highest BCUT2D eigenvalue weighted by Crippen LogP contribution is 2.18. The summed E-state index contributed by atoms with van der Waals surface area (Å²) < 4.78 is 30.8. The first-order chi connectivity index (χ1) is 11.7. The van der Waals surface area contributed by atoms with E-state index in [1.54, 1.807) is 31.4 Å². The van der Waals surface area contributed by atoms with Crippen LogP contribution in [0.2, 0.25) is 0 Å². The van der Waals surface area contributed by atoms with E-state index >= 15 is 0 Å². The van der Waals surface area contributed by atoms with E-state index in [4.69, 9.17) is 4.42 Å². The molecule has 0 saturated heterocycles. The summed E-state index contributed by atoms with van der Waals surface area (Å²) >= 11 is 0.